The van der Waals surface area contributed by atoms with Crippen molar-refractivity contribution >= 4 is 31.6 Å². The molecule has 0 N–H and O–H groups in total. The SMILES string of the molecule is CC[Si](CC)(CC)O[C@H]1C(=O)N(C(=O)N(c2ccccc2)c2ccccc2)[C@H]1c1ccccc1. The predicted octanol–water partition coefficient (Wildman–Crippen LogP) is 6.92. The van der Waals surface area contributed by atoms with Gasteiger partial charge in [-0.05, 0) is 48.0 Å². The molecule has 4 rings (SSSR count). The summed E-state index contributed by atoms with van der Waals surface area (Å²) in [6.07, 6.45) is -0.633. The van der Waals surface area contributed by atoms with Crippen molar-refractivity contribution in [3.63, 3.8) is 0 Å². The van der Waals surface area contributed by atoms with Gasteiger partial charge in [0, 0.05) is 0 Å². The molecule has 3 aromatic rings. The second-order valence-electron chi connectivity index (χ2n) is 8.63. The van der Waals surface area contributed by atoms with Crippen LogP contribution in [0.25, 0.3) is 0 Å². The van der Waals surface area contributed by atoms with Gasteiger partial charge >= 0.3 is 6.03 Å². The van der Waals surface area contributed by atoms with Crippen molar-refractivity contribution < 1.29 is 14.0 Å². The van der Waals surface area contributed by atoms with Gasteiger partial charge in [-0.25, -0.2) is 4.79 Å². The smallest absolute Gasteiger partial charge is 0.336 e. The highest BCUT2D eigenvalue weighted by Crippen LogP contribution is 2.42. The van der Waals surface area contributed by atoms with E-state index in [0.29, 0.717) is 11.4 Å². The van der Waals surface area contributed by atoms with Crippen LogP contribution in [0.1, 0.15) is 32.4 Å². The zero-order valence-corrected chi connectivity index (χ0v) is 21.1. The highest BCUT2D eigenvalue weighted by Gasteiger charge is 2.55. The first kappa shape index (κ1) is 23.9. The Morgan fingerprint density at radius 1 is 0.794 bits per heavy atom. The molecule has 5 nitrogen and oxygen atoms in total. The van der Waals surface area contributed by atoms with Crippen LogP contribution in [0.15, 0.2) is 91.0 Å². The fraction of sp³-hybridized carbons (Fsp3) is 0.286. The fourth-order valence-electron chi connectivity index (χ4n) is 4.67. The number of amides is 3. The molecule has 0 unspecified atom stereocenters. The number of urea groups is 1. The normalized spacial score (nSPS) is 17.9. The molecule has 1 aliphatic heterocycles. The van der Waals surface area contributed by atoms with Crippen LogP contribution in [-0.2, 0) is 9.22 Å². The highest BCUT2D eigenvalue weighted by atomic mass is 28.4. The van der Waals surface area contributed by atoms with Crippen molar-refractivity contribution in [3.05, 3.63) is 96.6 Å². The summed E-state index contributed by atoms with van der Waals surface area (Å²) in [4.78, 5) is 30.6. The number of imide groups is 1. The van der Waals surface area contributed by atoms with E-state index >= 15 is 0 Å². The summed E-state index contributed by atoms with van der Waals surface area (Å²) < 4.78 is 6.65. The lowest BCUT2D eigenvalue weighted by Crippen LogP contribution is -2.66. The van der Waals surface area contributed by atoms with Gasteiger partial charge in [-0.15, -0.1) is 0 Å². The van der Waals surface area contributed by atoms with E-state index in [1.165, 1.54) is 4.90 Å². The Morgan fingerprint density at radius 3 is 1.68 bits per heavy atom. The van der Waals surface area contributed by atoms with Crippen LogP contribution in [0, 0.1) is 0 Å². The number of nitrogens with zero attached hydrogens (tertiary/aromatic N) is 2. The third-order valence-electron chi connectivity index (χ3n) is 6.92. The maximum atomic E-state index is 14.0. The van der Waals surface area contributed by atoms with Crippen LogP contribution in [0.5, 0.6) is 0 Å². The van der Waals surface area contributed by atoms with Crippen molar-refractivity contribution in [1.82, 2.24) is 4.90 Å². The minimum absolute atomic E-state index is 0.261. The van der Waals surface area contributed by atoms with Crippen LogP contribution in [0.4, 0.5) is 16.2 Å². The van der Waals surface area contributed by atoms with E-state index in [4.69, 9.17) is 4.43 Å². The Labute approximate surface area is 203 Å². The molecule has 0 radical (unpaired) electrons. The summed E-state index contributed by atoms with van der Waals surface area (Å²) in [5, 5.41) is 0. The number of β-lactam (4-membered cyclic amide) rings is 1. The highest BCUT2D eigenvalue weighted by molar-refractivity contribution is 6.73. The molecule has 34 heavy (non-hydrogen) atoms. The Balaban J connectivity index is 1.74. The number of rotatable bonds is 8. The van der Waals surface area contributed by atoms with Crippen molar-refractivity contribution in [1.29, 1.82) is 0 Å². The first-order chi connectivity index (χ1) is 16.5. The fourth-order valence-corrected chi connectivity index (χ4v) is 7.43. The summed E-state index contributed by atoms with van der Waals surface area (Å²) in [5.74, 6) is -0.261. The van der Waals surface area contributed by atoms with Crippen LogP contribution >= 0.6 is 0 Å². The Bertz CT molecular complexity index is 1060. The molecule has 0 aliphatic carbocycles. The van der Waals surface area contributed by atoms with E-state index in [9.17, 15) is 9.59 Å². The molecule has 1 aliphatic rings. The van der Waals surface area contributed by atoms with E-state index in [-0.39, 0.29) is 11.9 Å². The van der Waals surface area contributed by atoms with Gasteiger partial charge in [0.2, 0.25) is 0 Å². The van der Waals surface area contributed by atoms with E-state index in [0.717, 1.165) is 23.7 Å². The Morgan fingerprint density at radius 2 is 1.24 bits per heavy atom. The van der Waals surface area contributed by atoms with Crippen LogP contribution < -0.4 is 4.90 Å². The molecule has 3 aromatic carbocycles. The number of para-hydroxylation sites is 2. The maximum absolute atomic E-state index is 14.0. The standard InChI is InChI=1S/C28H32N2O3Si/c1-4-34(5-2,6-3)33-26-25(22-16-10-7-11-17-22)30(27(26)31)28(32)29(23-18-12-8-13-19-23)24-20-14-9-15-21-24/h7-21,25-26H,4-6H2,1-3H3/t25-,26+/m0/s1. The predicted molar refractivity (Wildman–Crippen MR) is 139 cm³/mol. The second kappa shape index (κ2) is 10.4. The molecular formula is C28H32N2O3Si. The lowest BCUT2D eigenvalue weighted by molar-refractivity contribution is -0.157. The first-order valence-electron chi connectivity index (χ1n) is 12.0. The van der Waals surface area contributed by atoms with E-state index < -0.39 is 20.5 Å². The van der Waals surface area contributed by atoms with Gasteiger partial charge in [-0.2, -0.15) is 0 Å². The zero-order valence-electron chi connectivity index (χ0n) is 20.1. The Hall–Kier alpha value is -3.22. The molecule has 6 heteroatoms. The second-order valence-corrected chi connectivity index (χ2v) is 13.4. The third kappa shape index (κ3) is 4.43. The van der Waals surface area contributed by atoms with Crippen LogP contribution in [0.2, 0.25) is 18.1 Å². The van der Waals surface area contributed by atoms with Crippen molar-refractivity contribution in [2.24, 2.45) is 0 Å². The van der Waals surface area contributed by atoms with Gasteiger partial charge in [0.15, 0.2) is 14.4 Å². The molecule has 0 aromatic heterocycles. The number of hydrogen-bond donors (Lipinski definition) is 0. The summed E-state index contributed by atoms with van der Waals surface area (Å²) in [6.45, 7) is 6.44. The van der Waals surface area contributed by atoms with Gasteiger partial charge in [-0.3, -0.25) is 14.6 Å². The molecule has 1 saturated heterocycles. The van der Waals surface area contributed by atoms with E-state index in [1.807, 2.05) is 91.0 Å². The molecule has 0 bridgehead atoms. The molecular weight excluding hydrogens is 440 g/mol. The molecule has 176 valence electrons. The lowest BCUT2D eigenvalue weighted by atomic mass is 9.91. The van der Waals surface area contributed by atoms with E-state index in [2.05, 4.69) is 20.8 Å². The Kier molecular flexibility index (Phi) is 7.29. The maximum Gasteiger partial charge on any atom is 0.336 e. The largest absolute Gasteiger partial charge is 0.403 e. The molecule has 0 spiro atoms. The van der Waals surface area contributed by atoms with Gasteiger partial charge in [0.25, 0.3) is 5.91 Å². The monoisotopic (exact) mass is 472 g/mol. The number of carbonyl (C=O) groups excluding carboxylic acids is 2. The van der Waals surface area contributed by atoms with Crippen molar-refractivity contribution in [3.8, 4) is 0 Å². The summed E-state index contributed by atoms with van der Waals surface area (Å²) in [6, 6.07) is 30.7. The number of anilines is 2. The van der Waals surface area contributed by atoms with Crippen LogP contribution in [0.3, 0.4) is 0 Å². The number of benzene rings is 3. The number of carbonyl (C=O) groups is 2. The van der Waals surface area contributed by atoms with Crippen molar-refractivity contribution in [2.45, 2.75) is 51.0 Å². The number of likely N-dealkylation sites (tertiary alicyclic amines) is 1. The quantitative estimate of drug-likeness (QED) is 0.264. The molecule has 1 heterocycles. The summed E-state index contributed by atoms with van der Waals surface area (Å²) >= 11 is 0. The average Bonchev–Trinajstić information content (AvgIpc) is 2.90. The minimum atomic E-state index is -2.06. The molecule has 0 saturated carbocycles. The van der Waals surface area contributed by atoms with Crippen molar-refractivity contribution in [2.75, 3.05) is 4.90 Å². The van der Waals surface area contributed by atoms with Crippen LogP contribution in [-0.4, -0.2) is 31.3 Å². The molecule has 3 amide bonds. The number of hydrogen-bond acceptors (Lipinski definition) is 3. The van der Waals surface area contributed by atoms with Gasteiger partial charge in [0.1, 0.15) is 6.04 Å². The molecule has 1 fully saturated rings. The summed E-state index contributed by atoms with van der Waals surface area (Å²) in [5.41, 5.74) is 2.33. The summed E-state index contributed by atoms with van der Waals surface area (Å²) in [7, 11) is -2.06. The van der Waals surface area contributed by atoms with Gasteiger partial charge < -0.3 is 4.43 Å². The topological polar surface area (TPSA) is 49.9 Å². The van der Waals surface area contributed by atoms with Gasteiger partial charge in [-0.1, -0.05) is 87.5 Å². The van der Waals surface area contributed by atoms with E-state index in [1.54, 1.807) is 4.90 Å². The van der Waals surface area contributed by atoms with Gasteiger partial charge in [0.05, 0.1) is 11.4 Å². The first-order valence-corrected chi connectivity index (χ1v) is 14.6. The zero-order chi connectivity index (χ0) is 24.1. The lowest BCUT2D eigenvalue weighted by Gasteiger charge is -2.49. The average molecular weight is 473 g/mol. The third-order valence-corrected chi connectivity index (χ3v) is 11.5. The molecule has 2 atom stereocenters. The minimum Gasteiger partial charge on any atom is -0.403 e.